The number of hydrogen-bond donors (Lipinski definition) is 0. The lowest BCUT2D eigenvalue weighted by Crippen LogP contribution is -1.97. The van der Waals surface area contributed by atoms with E-state index in [1.165, 1.54) is 11.3 Å². The molecule has 0 aliphatic heterocycles. The molecule has 0 aliphatic carbocycles. The summed E-state index contributed by atoms with van der Waals surface area (Å²) in [6, 6.07) is 7.88. The van der Waals surface area contributed by atoms with E-state index in [4.69, 9.17) is 9.47 Å². The van der Waals surface area contributed by atoms with E-state index in [1.54, 1.807) is 20.4 Å². The molecule has 0 spiro atoms. The number of benzene rings is 1. The van der Waals surface area contributed by atoms with Crippen molar-refractivity contribution < 1.29 is 9.47 Å². The van der Waals surface area contributed by atoms with Gasteiger partial charge in [-0.05, 0) is 6.07 Å². The van der Waals surface area contributed by atoms with E-state index in [0.717, 1.165) is 21.5 Å². The maximum Gasteiger partial charge on any atom is 0.221 e. The number of methoxy groups -OCH3 is 2. The average molecular weight is 272 g/mol. The fourth-order valence-electron chi connectivity index (χ4n) is 2.06. The summed E-state index contributed by atoms with van der Waals surface area (Å²) in [5.41, 5.74) is 0.716. The first-order chi connectivity index (χ1) is 9.35. The largest absolute Gasteiger partial charge is 0.494 e. The molecule has 3 aromatic rings. The first kappa shape index (κ1) is 11.9. The number of ether oxygens (including phenoxy) is 2. The van der Waals surface area contributed by atoms with Crippen molar-refractivity contribution in [3.8, 4) is 22.3 Å². The van der Waals surface area contributed by atoms with Gasteiger partial charge in [0.25, 0.3) is 0 Å². The molecule has 2 aromatic heterocycles. The number of fused-ring (bicyclic) bond motifs is 1. The Morgan fingerprint density at radius 1 is 1.05 bits per heavy atom. The molecule has 19 heavy (non-hydrogen) atoms. The molecule has 0 atom stereocenters. The molecule has 0 fully saturated rings. The Labute approximate surface area is 114 Å². The molecule has 4 nitrogen and oxygen atoms in total. The van der Waals surface area contributed by atoms with Crippen molar-refractivity contribution in [2.75, 3.05) is 14.2 Å². The fraction of sp³-hybridized carbons (Fsp3) is 0.143. The predicted octanol–water partition coefficient (Wildman–Crippen LogP) is 3.38. The van der Waals surface area contributed by atoms with E-state index >= 15 is 0 Å². The van der Waals surface area contributed by atoms with Crippen molar-refractivity contribution in [2.24, 2.45) is 0 Å². The van der Waals surface area contributed by atoms with Gasteiger partial charge in [-0.2, -0.15) is 0 Å². The number of pyridine rings is 1. The van der Waals surface area contributed by atoms with Gasteiger partial charge < -0.3 is 9.47 Å². The Morgan fingerprint density at radius 3 is 2.47 bits per heavy atom. The monoisotopic (exact) mass is 272 g/mol. The molecule has 0 radical (unpaired) electrons. The molecule has 0 unspecified atom stereocenters. The molecule has 0 saturated heterocycles. The highest BCUT2D eigenvalue weighted by atomic mass is 32.1. The SMILES string of the molecule is COc1nc(-c2nccs2)c(OC)c2ccccc12. The number of aromatic nitrogens is 2. The number of thiazole rings is 1. The van der Waals surface area contributed by atoms with Crippen LogP contribution >= 0.6 is 11.3 Å². The number of rotatable bonds is 3. The molecule has 0 N–H and O–H groups in total. The highest BCUT2D eigenvalue weighted by Gasteiger charge is 2.17. The zero-order valence-corrected chi connectivity index (χ0v) is 11.4. The van der Waals surface area contributed by atoms with E-state index in [-0.39, 0.29) is 0 Å². The summed E-state index contributed by atoms with van der Waals surface area (Å²) in [5.74, 6) is 1.31. The van der Waals surface area contributed by atoms with Crippen LogP contribution in [-0.4, -0.2) is 24.2 Å². The lowest BCUT2D eigenvalue weighted by atomic mass is 10.1. The van der Waals surface area contributed by atoms with Gasteiger partial charge in [-0.3, -0.25) is 0 Å². The van der Waals surface area contributed by atoms with Gasteiger partial charge in [-0.1, -0.05) is 18.2 Å². The zero-order chi connectivity index (χ0) is 13.2. The topological polar surface area (TPSA) is 44.2 Å². The molecule has 3 rings (SSSR count). The molecule has 0 bridgehead atoms. The lowest BCUT2D eigenvalue weighted by Gasteiger charge is -2.12. The Bertz CT molecular complexity index is 711. The zero-order valence-electron chi connectivity index (χ0n) is 10.6. The highest BCUT2D eigenvalue weighted by Crippen LogP contribution is 2.39. The van der Waals surface area contributed by atoms with Crippen LogP contribution in [0.15, 0.2) is 35.8 Å². The summed E-state index contributed by atoms with van der Waals surface area (Å²) in [5, 5.41) is 4.64. The van der Waals surface area contributed by atoms with Gasteiger partial charge in [0.05, 0.1) is 14.2 Å². The number of nitrogens with zero attached hydrogens (tertiary/aromatic N) is 2. The molecule has 5 heteroatoms. The Hall–Kier alpha value is -2.14. The first-order valence-corrected chi connectivity index (χ1v) is 6.63. The van der Waals surface area contributed by atoms with E-state index in [2.05, 4.69) is 9.97 Å². The van der Waals surface area contributed by atoms with Crippen LogP contribution in [-0.2, 0) is 0 Å². The van der Waals surface area contributed by atoms with Crippen LogP contribution in [0.25, 0.3) is 21.5 Å². The minimum atomic E-state index is 0.585. The minimum Gasteiger partial charge on any atom is -0.494 e. The van der Waals surface area contributed by atoms with Crippen molar-refractivity contribution in [3.63, 3.8) is 0 Å². The summed E-state index contributed by atoms with van der Waals surface area (Å²) < 4.78 is 10.9. The van der Waals surface area contributed by atoms with Gasteiger partial charge in [-0.25, -0.2) is 9.97 Å². The van der Waals surface area contributed by atoms with Gasteiger partial charge in [-0.15, -0.1) is 11.3 Å². The van der Waals surface area contributed by atoms with E-state index < -0.39 is 0 Å². The molecule has 0 saturated carbocycles. The minimum absolute atomic E-state index is 0.585. The molecule has 2 heterocycles. The van der Waals surface area contributed by atoms with Crippen molar-refractivity contribution in [1.82, 2.24) is 9.97 Å². The predicted molar refractivity (Wildman–Crippen MR) is 76.0 cm³/mol. The van der Waals surface area contributed by atoms with Crippen LogP contribution in [0, 0.1) is 0 Å². The normalized spacial score (nSPS) is 10.6. The van der Waals surface area contributed by atoms with Crippen LogP contribution in [0.5, 0.6) is 11.6 Å². The fourth-order valence-corrected chi connectivity index (χ4v) is 2.68. The summed E-state index contributed by atoms with van der Waals surface area (Å²) in [7, 11) is 3.26. The molecular formula is C14H12N2O2S. The Balaban J connectivity index is 2.39. The number of hydrogen-bond acceptors (Lipinski definition) is 5. The Kier molecular flexibility index (Phi) is 3.05. The van der Waals surface area contributed by atoms with E-state index in [9.17, 15) is 0 Å². The molecule has 96 valence electrons. The van der Waals surface area contributed by atoms with Crippen LogP contribution in [0.2, 0.25) is 0 Å². The van der Waals surface area contributed by atoms with Gasteiger partial charge in [0.15, 0.2) is 5.75 Å². The quantitative estimate of drug-likeness (QED) is 0.733. The van der Waals surface area contributed by atoms with E-state index in [0.29, 0.717) is 11.6 Å². The molecule has 1 aromatic carbocycles. The van der Waals surface area contributed by atoms with Crippen LogP contribution in [0.3, 0.4) is 0 Å². The van der Waals surface area contributed by atoms with Crippen LogP contribution in [0.4, 0.5) is 0 Å². The molecular weight excluding hydrogens is 260 g/mol. The van der Waals surface area contributed by atoms with Crippen molar-refractivity contribution in [1.29, 1.82) is 0 Å². The van der Waals surface area contributed by atoms with Crippen molar-refractivity contribution in [3.05, 3.63) is 35.8 Å². The van der Waals surface area contributed by atoms with Crippen LogP contribution in [0.1, 0.15) is 0 Å². The summed E-state index contributed by atoms with van der Waals surface area (Å²) in [6.07, 6.45) is 1.75. The van der Waals surface area contributed by atoms with Gasteiger partial charge in [0, 0.05) is 22.3 Å². The second-order valence-corrected chi connectivity index (χ2v) is 4.78. The van der Waals surface area contributed by atoms with Gasteiger partial charge in [0.1, 0.15) is 10.7 Å². The first-order valence-electron chi connectivity index (χ1n) is 5.75. The molecule has 0 aliphatic rings. The third-order valence-electron chi connectivity index (χ3n) is 2.86. The maximum absolute atomic E-state index is 5.53. The van der Waals surface area contributed by atoms with Crippen molar-refractivity contribution >= 4 is 22.1 Å². The Morgan fingerprint density at radius 2 is 1.84 bits per heavy atom. The third-order valence-corrected chi connectivity index (χ3v) is 3.64. The van der Waals surface area contributed by atoms with Crippen LogP contribution < -0.4 is 9.47 Å². The summed E-state index contributed by atoms with van der Waals surface area (Å²) >= 11 is 1.52. The molecule has 0 amide bonds. The maximum atomic E-state index is 5.53. The third kappa shape index (κ3) is 1.92. The summed E-state index contributed by atoms with van der Waals surface area (Å²) in [6.45, 7) is 0. The standard InChI is InChI=1S/C14H12N2O2S/c1-17-12-9-5-3-4-6-10(9)13(18-2)16-11(12)14-15-7-8-19-14/h3-8H,1-2H3. The van der Waals surface area contributed by atoms with Crippen molar-refractivity contribution in [2.45, 2.75) is 0 Å². The summed E-state index contributed by atoms with van der Waals surface area (Å²) in [4.78, 5) is 8.83. The highest BCUT2D eigenvalue weighted by molar-refractivity contribution is 7.13. The smallest absolute Gasteiger partial charge is 0.221 e. The van der Waals surface area contributed by atoms with Gasteiger partial charge >= 0.3 is 0 Å². The van der Waals surface area contributed by atoms with Gasteiger partial charge in [0.2, 0.25) is 5.88 Å². The lowest BCUT2D eigenvalue weighted by molar-refractivity contribution is 0.396. The second kappa shape index (κ2) is 4.85. The average Bonchev–Trinajstić information content (AvgIpc) is 2.99. The van der Waals surface area contributed by atoms with E-state index in [1.807, 2.05) is 29.6 Å². The second-order valence-electron chi connectivity index (χ2n) is 3.89.